The van der Waals surface area contributed by atoms with Crippen LogP contribution in [-0.4, -0.2) is 65.9 Å². The summed E-state index contributed by atoms with van der Waals surface area (Å²) >= 11 is 0. The Labute approximate surface area is 128 Å². The van der Waals surface area contributed by atoms with Gasteiger partial charge in [0, 0.05) is 31.6 Å². The molecule has 0 aromatic heterocycles. The first-order valence-electron chi connectivity index (χ1n) is 6.94. The maximum absolute atomic E-state index is 11.1. The number of sulfone groups is 2. The van der Waals surface area contributed by atoms with Gasteiger partial charge in [0.2, 0.25) is 0 Å². The lowest BCUT2D eigenvalue weighted by Crippen LogP contribution is -2.43. The fourth-order valence-electron chi connectivity index (χ4n) is 1.53. The van der Waals surface area contributed by atoms with Crippen molar-refractivity contribution in [1.82, 2.24) is 10.6 Å². The van der Waals surface area contributed by atoms with E-state index in [1.165, 1.54) is 12.5 Å². The Hall–Kier alpha value is -0.830. The van der Waals surface area contributed by atoms with Crippen LogP contribution in [-0.2, 0) is 19.7 Å². The summed E-state index contributed by atoms with van der Waals surface area (Å²) in [5.41, 5.74) is 0. The molecule has 0 aromatic carbocycles. The Bertz CT molecular complexity index is 527. The highest BCUT2D eigenvalue weighted by Gasteiger charge is 2.09. The molecule has 0 heterocycles. The van der Waals surface area contributed by atoms with Crippen LogP contribution < -0.4 is 10.6 Å². The number of nitrogens with zero attached hydrogens (tertiary/aromatic N) is 1. The highest BCUT2D eigenvalue weighted by atomic mass is 32.2. The van der Waals surface area contributed by atoms with Crippen molar-refractivity contribution in [2.45, 2.75) is 32.7 Å². The smallest absolute Gasteiger partial charge is 0.191 e. The van der Waals surface area contributed by atoms with Crippen LogP contribution in [0, 0.1) is 0 Å². The van der Waals surface area contributed by atoms with E-state index in [-0.39, 0.29) is 17.5 Å². The van der Waals surface area contributed by atoms with E-state index in [4.69, 9.17) is 0 Å². The molecule has 1 atom stereocenters. The van der Waals surface area contributed by atoms with Crippen LogP contribution in [0.15, 0.2) is 4.99 Å². The lowest BCUT2D eigenvalue weighted by atomic mass is 10.3. The molecule has 9 heteroatoms. The summed E-state index contributed by atoms with van der Waals surface area (Å²) < 4.78 is 44.3. The van der Waals surface area contributed by atoms with E-state index < -0.39 is 19.7 Å². The minimum atomic E-state index is -2.97. The molecule has 0 radical (unpaired) electrons. The summed E-state index contributed by atoms with van der Waals surface area (Å²) in [5.74, 6) is 0.806. The predicted octanol–water partition coefficient (Wildman–Crippen LogP) is -0.201. The van der Waals surface area contributed by atoms with Crippen molar-refractivity contribution in [3.8, 4) is 0 Å². The minimum absolute atomic E-state index is 0.0348. The van der Waals surface area contributed by atoms with Crippen LogP contribution in [0.5, 0.6) is 0 Å². The molecule has 0 amide bonds. The van der Waals surface area contributed by atoms with Gasteiger partial charge in [-0.3, -0.25) is 4.99 Å². The number of hydrogen-bond donors (Lipinski definition) is 2. The molecular formula is C12H27N3O4S2. The fraction of sp³-hybridized carbons (Fsp3) is 0.917. The number of rotatable bonds is 9. The summed E-state index contributed by atoms with van der Waals surface area (Å²) in [6.45, 7) is 4.89. The topological polar surface area (TPSA) is 105 Å². The number of aliphatic imine (C=N–C) groups is 1. The molecular weight excluding hydrogens is 314 g/mol. The van der Waals surface area contributed by atoms with Gasteiger partial charge in [0.05, 0.1) is 11.5 Å². The third-order valence-electron chi connectivity index (χ3n) is 2.59. The summed E-state index contributed by atoms with van der Waals surface area (Å²) in [5, 5.41) is 6.16. The molecule has 7 nitrogen and oxygen atoms in total. The van der Waals surface area contributed by atoms with Crippen molar-refractivity contribution in [2.24, 2.45) is 4.99 Å². The monoisotopic (exact) mass is 341 g/mol. The average molecular weight is 341 g/mol. The molecule has 0 saturated heterocycles. The van der Waals surface area contributed by atoms with Crippen molar-refractivity contribution in [3.63, 3.8) is 0 Å². The second-order valence-corrected chi connectivity index (χ2v) is 9.73. The predicted molar refractivity (Wildman–Crippen MR) is 87.2 cm³/mol. The Kier molecular flexibility index (Phi) is 8.88. The van der Waals surface area contributed by atoms with Crippen LogP contribution >= 0.6 is 0 Å². The zero-order valence-corrected chi connectivity index (χ0v) is 14.8. The van der Waals surface area contributed by atoms with Gasteiger partial charge < -0.3 is 10.6 Å². The minimum Gasteiger partial charge on any atom is -0.357 e. The van der Waals surface area contributed by atoms with E-state index in [0.717, 1.165) is 0 Å². The Morgan fingerprint density at radius 3 is 2.14 bits per heavy atom. The van der Waals surface area contributed by atoms with Gasteiger partial charge in [0.1, 0.15) is 19.7 Å². The van der Waals surface area contributed by atoms with Crippen LogP contribution in [0.2, 0.25) is 0 Å². The van der Waals surface area contributed by atoms with Crippen molar-refractivity contribution in [1.29, 1.82) is 0 Å². The zero-order chi connectivity index (χ0) is 16.5. The second kappa shape index (κ2) is 9.24. The molecule has 0 saturated carbocycles. The standard InChI is InChI=1S/C12H27N3O4S2/c1-5-13-12(14-8-6-9-20(3,16)17)15-11(2)7-10-21(4,18)19/h11H,5-10H2,1-4H3,(H2,13,14,15). The van der Waals surface area contributed by atoms with Crippen LogP contribution in [0.4, 0.5) is 0 Å². The van der Waals surface area contributed by atoms with Gasteiger partial charge in [0.25, 0.3) is 0 Å². The van der Waals surface area contributed by atoms with E-state index in [2.05, 4.69) is 15.6 Å². The molecule has 0 aliphatic rings. The maximum Gasteiger partial charge on any atom is 0.191 e. The van der Waals surface area contributed by atoms with E-state index in [1.807, 2.05) is 13.8 Å². The van der Waals surface area contributed by atoms with Crippen LogP contribution in [0.25, 0.3) is 0 Å². The van der Waals surface area contributed by atoms with Crippen molar-refractivity contribution >= 4 is 25.6 Å². The molecule has 0 aliphatic carbocycles. The van der Waals surface area contributed by atoms with E-state index >= 15 is 0 Å². The lowest BCUT2D eigenvalue weighted by molar-refractivity contribution is 0.581. The largest absolute Gasteiger partial charge is 0.357 e. The zero-order valence-electron chi connectivity index (χ0n) is 13.2. The first kappa shape index (κ1) is 20.2. The normalized spacial score (nSPS) is 14.8. The molecule has 0 aromatic rings. The van der Waals surface area contributed by atoms with Gasteiger partial charge in [-0.2, -0.15) is 0 Å². The summed E-state index contributed by atoms with van der Waals surface area (Å²) in [7, 11) is -5.93. The third-order valence-corrected chi connectivity index (χ3v) is 4.60. The summed E-state index contributed by atoms with van der Waals surface area (Å²) in [4.78, 5) is 4.28. The molecule has 0 aliphatic heterocycles. The molecule has 0 bridgehead atoms. The molecule has 0 spiro atoms. The molecule has 2 N–H and O–H groups in total. The quantitative estimate of drug-likeness (QED) is 0.342. The molecule has 126 valence electrons. The SMILES string of the molecule is CCNC(=NCCCS(C)(=O)=O)NC(C)CCS(C)(=O)=O. The van der Waals surface area contributed by atoms with Crippen molar-refractivity contribution in [3.05, 3.63) is 0 Å². The van der Waals surface area contributed by atoms with Gasteiger partial charge in [0.15, 0.2) is 5.96 Å². The lowest BCUT2D eigenvalue weighted by Gasteiger charge is -2.17. The molecule has 0 rings (SSSR count). The van der Waals surface area contributed by atoms with E-state index in [1.54, 1.807) is 0 Å². The van der Waals surface area contributed by atoms with Crippen molar-refractivity contribution < 1.29 is 16.8 Å². The van der Waals surface area contributed by atoms with Gasteiger partial charge in [-0.1, -0.05) is 0 Å². The Morgan fingerprint density at radius 2 is 1.67 bits per heavy atom. The Balaban J connectivity index is 4.33. The van der Waals surface area contributed by atoms with Gasteiger partial charge in [-0.15, -0.1) is 0 Å². The number of hydrogen-bond acceptors (Lipinski definition) is 5. The maximum atomic E-state index is 11.1. The van der Waals surface area contributed by atoms with Crippen LogP contribution in [0.1, 0.15) is 26.7 Å². The van der Waals surface area contributed by atoms with E-state index in [9.17, 15) is 16.8 Å². The summed E-state index contributed by atoms with van der Waals surface area (Å²) in [6, 6.07) is -0.0348. The number of guanidine groups is 1. The first-order valence-corrected chi connectivity index (χ1v) is 11.1. The van der Waals surface area contributed by atoms with Gasteiger partial charge >= 0.3 is 0 Å². The summed E-state index contributed by atoms with van der Waals surface area (Å²) in [6.07, 6.45) is 3.37. The first-order chi connectivity index (χ1) is 9.53. The second-order valence-electron chi connectivity index (χ2n) is 5.21. The Morgan fingerprint density at radius 1 is 1.10 bits per heavy atom. The van der Waals surface area contributed by atoms with Gasteiger partial charge in [-0.25, -0.2) is 16.8 Å². The fourth-order valence-corrected chi connectivity index (χ4v) is 2.97. The molecule has 1 unspecified atom stereocenters. The molecule has 21 heavy (non-hydrogen) atoms. The van der Waals surface area contributed by atoms with E-state index in [0.29, 0.717) is 31.9 Å². The third kappa shape index (κ3) is 13.9. The highest BCUT2D eigenvalue weighted by molar-refractivity contribution is 7.90. The number of nitrogens with one attached hydrogen (secondary N) is 2. The van der Waals surface area contributed by atoms with Gasteiger partial charge in [-0.05, 0) is 26.7 Å². The highest BCUT2D eigenvalue weighted by Crippen LogP contribution is 1.96. The molecule has 0 fully saturated rings. The van der Waals surface area contributed by atoms with Crippen LogP contribution in [0.3, 0.4) is 0 Å². The average Bonchev–Trinajstić information content (AvgIpc) is 2.30. The van der Waals surface area contributed by atoms with Crippen molar-refractivity contribution in [2.75, 3.05) is 37.1 Å².